The van der Waals surface area contributed by atoms with Crippen molar-refractivity contribution < 1.29 is 95.3 Å². The Labute approximate surface area is 230 Å². The van der Waals surface area contributed by atoms with Crippen molar-refractivity contribution in [3.63, 3.8) is 0 Å². The summed E-state index contributed by atoms with van der Waals surface area (Å²) in [5.74, 6) is -22.7. The second-order valence-electron chi connectivity index (χ2n) is 8.98. The molecular weight excluding hydrogens is 774 g/mol. The third kappa shape index (κ3) is 8.22. The minimum atomic E-state index is -11.8. The molecule has 0 spiro atoms. The number of halogens is 21. The summed E-state index contributed by atoms with van der Waals surface area (Å²) in [7, 11) is 0. The predicted octanol–water partition coefficient (Wildman–Crippen LogP) is 9.48. The topological polar surface area (TPSA) is 9.23 Å². The SMILES string of the molecule is FC(F)(F)CC(F)(F)[C](F)(F)[Sn]([O]CCc1ccccc1)([C](F)(F)C(F)(F)CC(F)(F)F)[C](F)(F)C(F)(F)CC(F)(F)F. The van der Waals surface area contributed by atoms with Crippen molar-refractivity contribution in [1.82, 2.24) is 0 Å². The van der Waals surface area contributed by atoms with E-state index in [-0.39, 0.29) is 0 Å². The van der Waals surface area contributed by atoms with E-state index >= 15 is 26.3 Å². The summed E-state index contributed by atoms with van der Waals surface area (Å²) in [4.78, 5) is 0. The molecule has 0 N–H and O–H groups in total. The van der Waals surface area contributed by atoms with Gasteiger partial charge in [-0.2, -0.15) is 0 Å². The zero-order valence-electron chi connectivity index (χ0n) is 20.3. The molecule has 0 radical (unpaired) electrons. The van der Waals surface area contributed by atoms with Crippen LogP contribution in [0.5, 0.6) is 0 Å². The first-order valence-electron chi connectivity index (χ1n) is 10.8. The number of rotatable bonds is 13. The maximum atomic E-state index is 15.2. The molecule has 0 aliphatic carbocycles. The average molecular weight is 789 g/mol. The van der Waals surface area contributed by atoms with Gasteiger partial charge in [0.2, 0.25) is 0 Å². The third-order valence-electron chi connectivity index (χ3n) is 5.52. The third-order valence-corrected chi connectivity index (χ3v) is 18.0. The normalized spacial score (nSPS) is 15.7. The van der Waals surface area contributed by atoms with E-state index in [4.69, 9.17) is 0 Å². The maximum absolute atomic E-state index is 15.2. The van der Waals surface area contributed by atoms with Gasteiger partial charge in [-0.25, -0.2) is 0 Å². The second-order valence-corrected chi connectivity index (χ2v) is 19.1. The Bertz CT molecular complexity index is 959. The van der Waals surface area contributed by atoms with Crippen LogP contribution in [0.4, 0.5) is 92.2 Å². The first kappa shape index (κ1) is 39.5. The van der Waals surface area contributed by atoms with Gasteiger partial charge in [-0.15, -0.1) is 0 Å². The van der Waals surface area contributed by atoms with Crippen molar-refractivity contribution in [2.75, 3.05) is 6.61 Å². The van der Waals surface area contributed by atoms with Gasteiger partial charge < -0.3 is 0 Å². The Morgan fingerprint density at radius 1 is 0.442 bits per heavy atom. The molecule has 0 saturated heterocycles. The van der Waals surface area contributed by atoms with Gasteiger partial charge in [0.05, 0.1) is 0 Å². The summed E-state index contributed by atoms with van der Waals surface area (Å²) in [6.45, 7) is -2.48. The van der Waals surface area contributed by atoms with Crippen LogP contribution in [0, 0.1) is 0 Å². The summed E-state index contributed by atoms with van der Waals surface area (Å²) in [5.41, 5.74) is -0.455. The van der Waals surface area contributed by atoms with Crippen LogP contribution >= 0.6 is 0 Å². The Morgan fingerprint density at radius 2 is 0.721 bits per heavy atom. The Morgan fingerprint density at radius 3 is 0.977 bits per heavy atom. The fourth-order valence-electron chi connectivity index (χ4n) is 3.69. The molecular formula is C20H15F21OSn. The standard InChI is InChI=1S/C8H9O.3C4H2F7.Sn/c9-7-6-8-4-2-1-3-5-8;3*5-2(6)3(7,8)1-4(9,10)11;/h1-5H,6-7H2;3*1H2;/q-1;;;;+1. The first-order chi connectivity index (χ1) is 18.7. The van der Waals surface area contributed by atoms with Gasteiger partial charge in [-0.3, -0.25) is 0 Å². The zero-order valence-corrected chi connectivity index (χ0v) is 23.1. The van der Waals surface area contributed by atoms with Gasteiger partial charge in [0.1, 0.15) is 0 Å². The summed E-state index contributed by atoms with van der Waals surface area (Å²) in [5, 5.41) is 0. The molecule has 0 aromatic heterocycles. The van der Waals surface area contributed by atoms with E-state index in [1.807, 2.05) is 0 Å². The van der Waals surface area contributed by atoms with Crippen molar-refractivity contribution >= 4 is 18.8 Å². The summed E-state index contributed by atoms with van der Waals surface area (Å²) in [6, 6.07) is 4.79. The molecule has 43 heavy (non-hydrogen) atoms. The fraction of sp³-hybridized carbons (Fsp3) is 0.700. The van der Waals surface area contributed by atoms with Crippen molar-refractivity contribution in [3.8, 4) is 0 Å². The van der Waals surface area contributed by atoms with Gasteiger partial charge in [-0.05, 0) is 0 Å². The van der Waals surface area contributed by atoms with E-state index in [0.717, 1.165) is 30.3 Å². The average Bonchev–Trinajstić information content (AvgIpc) is 2.71. The molecule has 0 aliphatic heterocycles. The number of hydrogen-bond acceptors (Lipinski definition) is 1. The van der Waals surface area contributed by atoms with Crippen molar-refractivity contribution in [3.05, 3.63) is 35.9 Å². The van der Waals surface area contributed by atoms with E-state index < -0.39 is 105 Å². The van der Waals surface area contributed by atoms with Crippen LogP contribution in [0.15, 0.2) is 30.3 Å². The summed E-state index contributed by atoms with van der Waals surface area (Å²) < 4.78 is 270. The van der Waals surface area contributed by atoms with Gasteiger partial charge >= 0.3 is 230 Å². The monoisotopic (exact) mass is 790 g/mol. The van der Waals surface area contributed by atoms with E-state index in [0.29, 0.717) is 0 Å². The zero-order chi connectivity index (χ0) is 34.4. The van der Waals surface area contributed by atoms with Crippen LogP contribution in [-0.2, 0) is 9.49 Å². The summed E-state index contributed by atoms with van der Waals surface area (Å²) in [6.07, 6.45) is -35.1. The molecule has 1 aromatic rings. The summed E-state index contributed by atoms with van der Waals surface area (Å²) >= 11 is -11.8. The van der Waals surface area contributed by atoms with Gasteiger partial charge in [0.15, 0.2) is 0 Å². The van der Waals surface area contributed by atoms with Crippen LogP contribution < -0.4 is 0 Å². The fourth-order valence-corrected chi connectivity index (χ4v) is 15.0. The van der Waals surface area contributed by atoms with E-state index in [1.54, 1.807) is 0 Å². The Balaban J connectivity index is 4.31. The van der Waals surface area contributed by atoms with Crippen LogP contribution in [0.3, 0.4) is 0 Å². The molecule has 0 aliphatic rings. The van der Waals surface area contributed by atoms with Gasteiger partial charge in [0, 0.05) is 0 Å². The molecule has 0 saturated carbocycles. The Kier molecular flexibility index (Phi) is 11.1. The molecule has 1 rings (SSSR count). The van der Waals surface area contributed by atoms with Crippen LogP contribution in [-0.4, -0.2) is 73.5 Å². The molecule has 0 heterocycles. The number of hydrogen-bond donors (Lipinski definition) is 0. The van der Waals surface area contributed by atoms with Gasteiger partial charge in [0.25, 0.3) is 0 Å². The van der Waals surface area contributed by atoms with E-state index in [9.17, 15) is 65.9 Å². The first-order valence-corrected chi connectivity index (χ1v) is 16.3. The van der Waals surface area contributed by atoms with Gasteiger partial charge in [-0.1, -0.05) is 0 Å². The van der Waals surface area contributed by atoms with Crippen LogP contribution in [0.25, 0.3) is 0 Å². The van der Waals surface area contributed by atoms with Crippen LogP contribution in [0.1, 0.15) is 24.8 Å². The molecule has 1 nitrogen and oxygen atoms in total. The minimum absolute atomic E-state index is 0.455. The molecule has 252 valence electrons. The van der Waals surface area contributed by atoms with E-state index in [1.165, 1.54) is 0 Å². The quantitative estimate of drug-likeness (QED) is 0.143. The number of benzene rings is 1. The molecule has 0 bridgehead atoms. The molecule has 1 aromatic carbocycles. The van der Waals surface area contributed by atoms with Crippen LogP contribution in [0.2, 0.25) is 0 Å². The molecule has 0 atom stereocenters. The van der Waals surface area contributed by atoms with E-state index in [2.05, 4.69) is 3.07 Å². The van der Waals surface area contributed by atoms with Crippen molar-refractivity contribution in [1.29, 1.82) is 0 Å². The molecule has 0 fully saturated rings. The van der Waals surface area contributed by atoms with Crippen molar-refractivity contribution in [2.24, 2.45) is 0 Å². The second kappa shape index (κ2) is 12.0. The Hall–Kier alpha value is -1.49. The van der Waals surface area contributed by atoms with Crippen molar-refractivity contribution in [2.45, 2.75) is 73.8 Å². The molecule has 0 unspecified atom stereocenters. The predicted molar refractivity (Wildman–Crippen MR) is 104 cm³/mol. The number of alkyl halides is 21. The molecule has 0 amide bonds. The molecule has 23 heteroatoms.